The highest BCUT2D eigenvalue weighted by Gasteiger charge is 2.29. The van der Waals surface area contributed by atoms with E-state index in [9.17, 15) is 9.59 Å². The number of hydrogen-bond acceptors (Lipinski definition) is 3. The van der Waals surface area contributed by atoms with Crippen LogP contribution >= 0.6 is 0 Å². The minimum Gasteiger partial charge on any atom is -0.361 e. The van der Waals surface area contributed by atoms with Gasteiger partial charge in [0.15, 0.2) is 0 Å². The largest absolute Gasteiger partial charge is 0.361 e. The fourth-order valence-corrected chi connectivity index (χ4v) is 4.10. The van der Waals surface area contributed by atoms with Crippen LogP contribution in [0.2, 0.25) is 0 Å². The quantitative estimate of drug-likeness (QED) is 0.599. The number of likely N-dealkylation sites (tertiary alicyclic amines) is 1. The smallest absolute Gasteiger partial charge is 0.309 e. The third-order valence-electron chi connectivity index (χ3n) is 5.51. The fraction of sp³-hybridized carbons (Fsp3) is 0.778. The van der Waals surface area contributed by atoms with E-state index in [0.717, 1.165) is 32.5 Å². The molecule has 2 amide bonds. The van der Waals surface area contributed by atoms with Crippen molar-refractivity contribution in [1.29, 1.82) is 0 Å². The lowest BCUT2D eigenvalue weighted by Crippen LogP contribution is -2.39. The summed E-state index contributed by atoms with van der Waals surface area (Å²) in [6, 6.07) is 0. The molecule has 23 heavy (non-hydrogen) atoms. The molecule has 130 valence electrons. The van der Waals surface area contributed by atoms with Gasteiger partial charge in [0.2, 0.25) is 0 Å². The van der Waals surface area contributed by atoms with Crippen LogP contribution in [0.15, 0.2) is 11.1 Å². The van der Waals surface area contributed by atoms with Crippen LogP contribution in [0.1, 0.15) is 52.9 Å². The maximum Gasteiger partial charge on any atom is 0.309 e. The summed E-state index contributed by atoms with van der Waals surface area (Å²) in [4.78, 5) is 24.4. The molecular weight excluding hydrogens is 290 g/mol. The zero-order valence-corrected chi connectivity index (χ0v) is 14.8. The van der Waals surface area contributed by atoms with Crippen LogP contribution in [-0.2, 0) is 9.59 Å². The van der Waals surface area contributed by atoms with Crippen LogP contribution in [0, 0.1) is 11.3 Å². The molecule has 0 aromatic carbocycles. The second kappa shape index (κ2) is 7.47. The van der Waals surface area contributed by atoms with Gasteiger partial charge < -0.3 is 16.0 Å². The Morgan fingerprint density at radius 3 is 2.78 bits per heavy atom. The van der Waals surface area contributed by atoms with Gasteiger partial charge >= 0.3 is 11.8 Å². The van der Waals surface area contributed by atoms with Gasteiger partial charge in [-0.1, -0.05) is 25.0 Å². The Hall–Kier alpha value is -1.36. The molecule has 1 saturated heterocycles. The first kappa shape index (κ1) is 18.0. The van der Waals surface area contributed by atoms with Crippen LogP contribution in [0.4, 0.5) is 0 Å². The maximum absolute atomic E-state index is 11.2. The Morgan fingerprint density at radius 2 is 2.13 bits per heavy atom. The predicted molar refractivity (Wildman–Crippen MR) is 91.7 cm³/mol. The second-order valence-corrected chi connectivity index (χ2v) is 7.78. The van der Waals surface area contributed by atoms with Gasteiger partial charge in [0, 0.05) is 19.6 Å². The summed E-state index contributed by atoms with van der Waals surface area (Å²) >= 11 is 0. The highest BCUT2D eigenvalue weighted by atomic mass is 16.2. The van der Waals surface area contributed by atoms with E-state index in [1.54, 1.807) is 11.1 Å². The van der Waals surface area contributed by atoms with E-state index in [1.165, 1.54) is 19.3 Å². The van der Waals surface area contributed by atoms with E-state index in [1.807, 2.05) is 0 Å². The highest BCUT2D eigenvalue weighted by Crippen LogP contribution is 2.41. The number of nitrogens with two attached hydrogens (primary N) is 1. The molecule has 0 bridgehead atoms. The van der Waals surface area contributed by atoms with E-state index >= 15 is 0 Å². The van der Waals surface area contributed by atoms with E-state index in [2.05, 4.69) is 31.0 Å². The third kappa shape index (κ3) is 4.80. The zero-order valence-electron chi connectivity index (χ0n) is 14.8. The number of allylic oxidation sites excluding steroid dienone is 1. The minimum atomic E-state index is -0.901. The summed E-state index contributed by atoms with van der Waals surface area (Å²) < 4.78 is 0. The summed E-state index contributed by atoms with van der Waals surface area (Å²) in [7, 11) is 0. The molecule has 1 heterocycles. The van der Waals surface area contributed by atoms with Crippen molar-refractivity contribution >= 4 is 11.8 Å². The summed E-state index contributed by atoms with van der Waals surface area (Å²) in [5, 5.41) is 2.62. The SMILES string of the molecule is CC1=C(CCN2CCC(CNC(=O)C(N)=O)C2)C(C)(C)CCC1. The Bertz CT molecular complexity index is 496. The van der Waals surface area contributed by atoms with Crippen LogP contribution in [0.3, 0.4) is 0 Å². The first-order valence-electron chi connectivity index (χ1n) is 8.78. The van der Waals surface area contributed by atoms with Crippen molar-refractivity contribution in [1.82, 2.24) is 10.2 Å². The molecule has 1 unspecified atom stereocenters. The van der Waals surface area contributed by atoms with E-state index in [4.69, 9.17) is 5.73 Å². The van der Waals surface area contributed by atoms with Gasteiger partial charge in [-0.2, -0.15) is 0 Å². The molecule has 1 aliphatic carbocycles. The van der Waals surface area contributed by atoms with Crippen molar-refractivity contribution in [3.63, 3.8) is 0 Å². The molecule has 0 saturated carbocycles. The normalized spacial score (nSPS) is 24.7. The van der Waals surface area contributed by atoms with Crippen LogP contribution in [0.25, 0.3) is 0 Å². The van der Waals surface area contributed by atoms with Gasteiger partial charge in [-0.15, -0.1) is 0 Å². The van der Waals surface area contributed by atoms with Crippen molar-refractivity contribution in [3.8, 4) is 0 Å². The minimum absolute atomic E-state index is 0.344. The van der Waals surface area contributed by atoms with E-state index in [-0.39, 0.29) is 0 Å². The lowest BCUT2D eigenvalue weighted by Gasteiger charge is -2.35. The predicted octanol–water partition coefficient (Wildman–Crippen LogP) is 1.83. The monoisotopic (exact) mass is 321 g/mol. The van der Waals surface area contributed by atoms with Crippen molar-refractivity contribution in [3.05, 3.63) is 11.1 Å². The lowest BCUT2D eigenvalue weighted by atomic mass is 9.71. The van der Waals surface area contributed by atoms with E-state index < -0.39 is 11.8 Å². The number of rotatable bonds is 5. The van der Waals surface area contributed by atoms with E-state index in [0.29, 0.717) is 17.9 Å². The number of nitrogens with one attached hydrogen (secondary N) is 1. The molecule has 1 aliphatic heterocycles. The maximum atomic E-state index is 11.2. The topological polar surface area (TPSA) is 75.4 Å². The molecular formula is C18H31N3O2. The summed E-state index contributed by atoms with van der Waals surface area (Å²) in [6.07, 6.45) is 6.08. The average molecular weight is 321 g/mol. The number of primary amides is 1. The number of amides is 2. The van der Waals surface area contributed by atoms with Gasteiger partial charge in [0.05, 0.1) is 0 Å². The van der Waals surface area contributed by atoms with Crippen LogP contribution in [0.5, 0.6) is 0 Å². The van der Waals surface area contributed by atoms with Crippen LogP contribution in [-0.4, -0.2) is 42.9 Å². The summed E-state index contributed by atoms with van der Waals surface area (Å²) in [6.45, 7) is 10.7. The Kier molecular flexibility index (Phi) is 5.84. The lowest BCUT2D eigenvalue weighted by molar-refractivity contribution is -0.137. The molecule has 0 spiro atoms. The van der Waals surface area contributed by atoms with Gasteiger partial charge in [-0.25, -0.2) is 0 Å². The molecule has 2 rings (SSSR count). The van der Waals surface area contributed by atoms with Gasteiger partial charge in [-0.05, 0) is 56.9 Å². The highest BCUT2D eigenvalue weighted by molar-refractivity contribution is 6.34. The standard InChI is InChI=1S/C18H31N3O2/c1-13-5-4-8-18(2,3)15(13)7-10-21-9-6-14(12-21)11-20-17(23)16(19)22/h14H,4-12H2,1-3H3,(H2,19,22)(H,20,23). The molecule has 0 aromatic rings. The number of carbonyl (C=O) groups excluding carboxylic acids is 2. The second-order valence-electron chi connectivity index (χ2n) is 7.78. The molecule has 3 N–H and O–H groups in total. The number of nitrogens with zero attached hydrogens (tertiary/aromatic N) is 1. The molecule has 5 nitrogen and oxygen atoms in total. The Balaban J connectivity index is 1.78. The number of hydrogen-bond donors (Lipinski definition) is 2. The first-order chi connectivity index (χ1) is 10.8. The van der Waals surface area contributed by atoms with Crippen molar-refractivity contribution in [2.24, 2.45) is 17.1 Å². The van der Waals surface area contributed by atoms with Crippen molar-refractivity contribution in [2.75, 3.05) is 26.2 Å². The summed E-state index contributed by atoms with van der Waals surface area (Å²) in [5.74, 6) is -1.15. The molecule has 0 radical (unpaired) electrons. The molecule has 2 aliphatic rings. The zero-order chi connectivity index (χ0) is 17.0. The summed E-state index contributed by atoms with van der Waals surface area (Å²) in [5.41, 5.74) is 8.53. The Labute approximate surface area is 139 Å². The van der Waals surface area contributed by atoms with Crippen molar-refractivity contribution in [2.45, 2.75) is 52.9 Å². The molecule has 0 aromatic heterocycles. The third-order valence-corrected chi connectivity index (χ3v) is 5.51. The van der Waals surface area contributed by atoms with Gasteiger partial charge in [-0.3, -0.25) is 9.59 Å². The van der Waals surface area contributed by atoms with Gasteiger partial charge in [0.1, 0.15) is 0 Å². The van der Waals surface area contributed by atoms with Gasteiger partial charge in [0.25, 0.3) is 0 Å². The van der Waals surface area contributed by atoms with Crippen LogP contribution < -0.4 is 11.1 Å². The van der Waals surface area contributed by atoms with Crippen molar-refractivity contribution < 1.29 is 9.59 Å². The molecule has 5 heteroatoms. The Morgan fingerprint density at radius 1 is 1.39 bits per heavy atom. The fourth-order valence-electron chi connectivity index (χ4n) is 4.10. The molecule has 1 fully saturated rings. The number of carbonyl (C=O) groups is 2. The average Bonchev–Trinajstić information content (AvgIpc) is 2.91. The first-order valence-corrected chi connectivity index (χ1v) is 8.78. The molecule has 1 atom stereocenters.